The Morgan fingerprint density at radius 2 is 1.95 bits per heavy atom. The maximum atomic E-state index is 13.9. The Kier molecular flexibility index (Phi) is 4.27. The van der Waals surface area contributed by atoms with Gasteiger partial charge in [-0.05, 0) is 25.6 Å². The smallest absolute Gasteiger partial charge is 0.131 e. The molecule has 2 aromatic rings. The van der Waals surface area contributed by atoms with Crippen molar-refractivity contribution in [3.05, 3.63) is 53.4 Å². The predicted octanol–water partition coefficient (Wildman–Crippen LogP) is 2.88. The molecule has 5 heteroatoms. The molecule has 1 unspecified atom stereocenters. The second-order valence-corrected chi connectivity index (χ2v) is 4.26. The lowest BCUT2D eigenvalue weighted by Crippen LogP contribution is -2.23. The van der Waals surface area contributed by atoms with E-state index in [4.69, 9.17) is 0 Å². The van der Waals surface area contributed by atoms with E-state index in [9.17, 15) is 8.78 Å². The minimum absolute atomic E-state index is 0.0417. The van der Waals surface area contributed by atoms with E-state index in [1.165, 1.54) is 18.2 Å². The monoisotopic (exact) mass is 265 g/mol. The molecule has 0 saturated heterocycles. The van der Waals surface area contributed by atoms with Crippen LogP contribution in [0.15, 0.2) is 30.6 Å². The largest absolute Gasteiger partial charge is 0.306 e. The van der Waals surface area contributed by atoms with Crippen LogP contribution in [-0.4, -0.2) is 16.3 Å². The first-order chi connectivity index (χ1) is 9.17. The molecular formula is C14H17F2N3. The minimum Gasteiger partial charge on any atom is -0.306 e. The lowest BCUT2D eigenvalue weighted by Gasteiger charge is -2.18. The summed E-state index contributed by atoms with van der Waals surface area (Å²) in [4.78, 5) is 0. The molecule has 0 aliphatic carbocycles. The molecule has 0 bridgehead atoms. The molecule has 0 aliphatic heterocycles. The third-order valence-corrected chi connectivity index (χ3v) is 3.01. The Hall–Kier alpha value is -1.75. The van der Waals surface area contributed by atoms with Gasteiger partial charge in [-0.3, -0.25) is 4.68 Å². The average molecular weight is 265 g/mol. The molecule has 1 heterocycles. The molecule has 1 atom stereocenters. The Morgan fingerprint density at radius 3 is 2.47 bits per heavy atom. The number of hydrogen-bond donors (Lipinski definition) is 1. The first-order valence-corrected chi connectivity index (χ1v) is 6.37. The number of aryl methyl sites for hydroxylation is 1. The zero-order valence-corrected chi connectivity index (χ0v) is 11.0. The fourth-order valence-electron chi connectivity index (χ4n) is 2.08. The molecule has 0 fully saturated rings. The third kappa shape index (κ3) is 2.81. The van der Waals surface area contributed by atoms with Crippen molar-refractivity contribution in [2.45, 2.75) is 26.4 Å². The van der Waals surface area contributed by atoms with Crippen LogP contribution >= 0.6 is 0 Å². The van der Waals surface area contributed by atoms with Crippen molar-refractivity contribution in [1.29, 1.82) is 0 Å². The summed E-state index contributed by atoms with van der Waals surface area (Å²) in [6, 6.07) is 3.39. The first kappa shape index (κ1) is 13.7. The van der Waals surface area contributed by atoms with Gasteiger partial charge in [0.25, 0.3) is 0 Å². The summed E-state index contributed by atoms with van der Waals surface area (Å²) in [5, 5.41) is 7.26. The van der Waals surface area contributed by atoms with E-state index in [2.05, 4.69) is 10.4 Å². The molecule has 102 valence electrons. The second-order valence-electron chi connectivity index (χ2n) is 4.26. The van der Waals surface area contributed by atoms with Gasteiger partial charge in [-0.2, -0.15) is 5.10 Å². The van der Waals surface area contributed by atoms with E-state index in [0.717, 1.165) is 12.1 Å². The zero-order chi connectivity index (χ0) is 13.8. The summed E-state index contributed by atoms with van der Waals surface area (Å²) < 4.78 is 29.5. The zero-order valence-electron chi connectivity index (χ0n) is 11.0. The number of benzene rings is 1. The standard InChI is InChI=1S/C14H17F2N3/c1-3-17-14(10-8-18-19(4-2)9-10)13-11(15)6-5-7-12(13)16/h5-9,14,17H,3-4H2,1-2H3. The summed E-state index contributed by atoms with van der Waals surface area (Å²) in [5.74, 6) is -1.09. The van der Waals surface area contributed by atoms with Gasteiger partial charge in [0.1, 0.15) is 11.6 Å². The van der Waals surface area contributed by atoms with Gasteiger partial charge in [0.15, 0.2) is 0 Å². The van der Waals surface area contributed by atoms with Gasteiger partial charge < -0.3 is 5.32 Å². The molecule has 3 nitrogen and oxygen atoms in total. The van der Waals surface area contributed by atoms with Crippen LogP contribution in [0.5, 0.6) is 0 Å². The normalized spacial score (nSPS) is 12.6. The van der Waals surface area contributed by atoms with E-state index in [1.807, 2.05) is 13.8 Å². The molecule has 0 radical (unpaired) electrons. The van der Waals surface area contributed by atoms with Crippen molar-refractivity contribution in [3.63, 3.8) is 0 Å². The Balaban J connectivity index is 2.45. The van der Waals surface area contributed by atoms with Gasteiger partial charge in [-0.25, -0.2) is 8.78 Å². The maximum absolute atomic E-state index is 13.9. The maximum Gasteiger partial charge on any atom is 0.131 e. The molecule has 1 N–H and O–H groups in total. The van der Waals surface area contributed by atoms with Crippen molar-refractivity contribution in [1.82, 2.24) is 15.1 Å². The fraction of sp³-hybridized carbons (Fsp3) is 0.357. The summed E-state index contributed by atoms with van der Waals surface area (Å²) >= 11 is 0. The molecular weight excluding hydrogens is 248 g/mol. The third-order valence-electron chi connectivity index (χ3n) is 3.01. The Morgan fingerprint density at radius 1 is 1.26 bits per heavy atom. The number of nitrogens with one attached hydrogen (secondary N) is 1. The van der Waals surface area contributed by atoms with E-state index in [0.29, 0.717) is 6.54 Å². The van der Waals surface area contributed by atoms with Crippen LogP contribution in [0.2, 0.25) is 0 Å². The van der Waals surface area contributed by atoms with E-state index < -0.39 is 17.7 Å². The summed E-state index contributed by atoms with van der Waals surface area (Å²) in [6.45, 7) is 5.19. The average Bonchev–Trinajstić information content (AvgIpc) is 2.86. The van der Waals surface area contributed by atoms with E-state index >= 15 is 0 Å². The van der Waals surface area contributed by atoms with Crippen LogP contribution in [0.3, 0.4) is 0 Å². The molecule has 0 amide bonds. The Bertz CT molecular complexity index is 531. The highest BCUT2D eigenvalue weighted by atomic mass is 19.1. The van der Waals surface area contributed by atoms with Crippen LogP contribution < -0.4 is 5.32 Å². The van der Waals surface area contributed by atoms with Gasteiger partial charge >= 0.3 is 0 Å². The van der Waals surface area contributed by atoms with Crippen molar-refractivity contribution in [3.8, 4) is 0 Å². The van der Waals surface area contributed by atoms with Crippen LogP contribution in [-0.2, 0) is 6.54 Å². The molecule has 0 saturated carbocycles. The van der Waals surface area contributed by atoms with E-state index in [-0.39, 0.29) is 5.56 Å². The van der Waals surface area contributed by atoms with Gasteiger partial charge in [0, 0.05) is 23.9 Å². The highest BCUT2D eigenvalue weighted by Gasteiger charge is 2.22. The predicted molar refractivity (Wildman–Crippen MR) is 69.8 cm³/mol. The van der Waals surface area contributed by atoms with Gasteiger partial charge in [0.2, 0.25) is 0 Å². The minimum atomic E-state index is -0.546. The number of aromatic nitrogens is 2. The molecule has 19 heavy (non-hydrogen) atoms. The quantitative estimate of drug-likeness (QED) is 0.901. The van der Waals surface area contributed by atoms with Crippen LogP contribution in [0.1, 0.15) is 31.0 Å². The molecule has 1 aromatic carbocycles. The highest BCUT2D eigenvalue weighted by Crippen LogP contribution is 2.26. The van der Waals surface area contributed by atoms with Gasteiger partial charge in [-0.15, -0.1) is 0 Å². The van der Waals surface area contributed by atoms with Crippen molar-refractivity contribution < 1.29 is 8.78 Å². The number of nitrogens with zero attached hydrogens (tertiary/aromatic N) is 2. The van der Waals surface area contributed by atoms with Crippen LogP contribution in [0.25, 0.3) is 0 Å². The van der Waals surface area contributed by atoms with Crippen molar-refractivity contribution >= 4 is 0 Å². The van der Waals surface area contributed by atoms with Crippen molar-refractivity contribution in [2.75, 3.05) is 6.54 Å². The van der Waals surface area contributed by atoms with Crippen LogP contribution in [0.4, 0.5) is 8.78 Å². The fourth-order valence-corrected chi connectivity index (χ4v) is 2.08. The summed E-state index contributed by atoms with van der Waals surface area (Å²) in [7, 11) is 0. The van der Waals surface area contributed by atoms with Crippen LogP contribution in [0, 0.1) is 11.6 Å². The lowest BCUT2D eigenvalue weighted by molar-refractivity contribution is 0.510. The summed E-state index contributed by atoms with van der Waals surface area (Å²) in [5.41, 5.74) is 0.799. The molecule has 1 aromatic heterocycles. The number of hydrogen-bond acceptors (Lipinski definition) is 2. The Labute approximate surface area is 111 Å². The number of rotatable bonds is 5. The first-order valence-electron chi connectivity index (χ1n) is 6.37. The van der Waals surface area contributed by atoms with E-state index in [1.54, 1.807) is 17.1 Å². The molecule has 0 spiro atoms. The lowest BCUT2D eigenvalue weighted by atomic mass is 10.0. The topological polar surface area (TPSA) is 29.9 Å². The summed E-state index contributed by atoms with van der Waals surface area (Å²) in [6.07, 6.45) is 3.45. The number of halogens is 2. The molecule has 0 aliphatic rings. The van der Waals surface area contributed by atoms with Gasteiger partial charge in [-0.1, -0.05) is 13.0 Å². The van der Waals surface area contributed by atoms with Gasteiger partial charge in [0.05, 0.1) is 12.2 Å². The second kappa shape index (κ2) is 5.93. The molecule has 2 rings (SSSR count). The van der Waals surface area contributed by atoms with Crippen molar-refractivity contribution in [2.24, 2.45) is 0 Å². The highest BCUT2D eigenvalue weighted by molar-refractivity contribution is 5.31. The SMILES string of the molecule is CCNC(c1cnn(CC)c1)c1c(F)cccc1F.